The Morgan fingerprint density at radius 3 is 2.44 bits per heavy atom. The van der Waals surface area contributed by atoms with E-state index in [-0.39, 0.29) is 22.9 Å². The summed E-state index contributed by atoms with van der Waals surface area (Å²) < 4.78 is 8.16. The quantitative estimate of drug-likeness (QED) is 0.317. The lowest BCUT2D eigenvalue weighted by Gasteiger charge is -2.31. The summed E-state index contributed by atoms with van der Waals surface area (Å²) in [6.07, 6.45) is 1.57. The molecule has 5 rings (SSSR count). The minimum atomic E-state index is -0.0920. The van der Waals surface area contributed by atoms with E-state index in [0.717, 1.165) is 48.3 Å². The molecule has 1 saturated heterocycles. The number of rotatable bonds is 6. The van der Waals surface area contributed by atoms with Crippen LogP contribution in [0.25, 0.3) is 22.6 Å². The Kier molecular flexibility index (Phi) is 7.22. The Morgan fingerprint density at radius 1 is 1.08 bits per heavy atom. The molecule has 10 heteroatoms. The molecule has 1 aliphatic rings. The van der Waals surface area contributed by atoms with E-state index >= 15 is 0 Å². The summed E-state index contributed by atoms with van der Waals surface area (Å²) in [5, 5.41) is 3.08. The first-order chi connectivity index (χ1) is 17.4. The van der Waals surface area contributed by atoms with Crippen LogP contribution in [0.2, 0.25) is 5.15 Å². The lowest BCUT2D eigenvalue weighted by molar-refractivity contribution is -0.121. The minimum Gasteiger partial charge on any atom is -0.497 e. The molecule has 0 atom stereocenters. The van der Waals surface area contributed by atoms with Gasteiger partial charge < -0.3 is 9.30 Å². The third-order valence-corrected chi connectivity index (χ3v) is 7.33. The highest BCUT2D eigenvalue weighted by Crippen LogP contribution is 2.29. The molecule has 0 unspecified atom stereocenters. The number of benzene rings is 2. The molecular weight excluding hydrogens is 544 g/mol. The number of hydrogen-bond acceptors (Lipinski definition) is 6. The molecule has 36 heavy (non-hydrogen) atoms. The van der Waals surface area contributed by atoms with Gasteiger partial charge in [0.15, 0.2) is 10.8 Å². The van der Waals surface area contributed by atoms with Crippen molar-refractivity contribution in [2.75, 3.05) is 25.5 Å². The normalized spacial score (nSPS) is 14.8. The SMILES string of the molecule is COc1ccc(-c2nc3c(Cl)nc(NC(=O)C4CCN(Cc5ccc(Br)cc5)CC4)nc3n2C)cc1. The van der Waals surface area contributed by atoms with Crippen molar-refractivity contribution in [1.29, 1.82) is 0 Å². The van der Waals surface area contributed by atoms with Gasteiger partial charge in [-0.25, -0.2) is 4.98 Å². The number of amides is 1. The minimum absolute atomic E-state index is 0.0775. The van der Waals surface area contributed by atoms with Crippen molar-refractivity contribution in [2.45, 2.75) is 19.4 Å². The van der Waals surface area contributed by atoms with Crippen LogP contribution in [0.4, 0.5) is 5.95 Å². The molecule has 0 bridgehead atoms. The molecule has 186 valence electrons. The van der Waals surface area contributed by atoms with E-state index in [0.29, 0.717) is 17.0 Å². The summed E-state index contributed by atoms with van der Waals surface area (Å²) in [5.41, 5.74) is 3.21. The second-order valence-electron chi connectivity index (χ2n) is 8.90. The van der Waals surface area contributed by atoms with Gasteiger partial charge in [-0.2, -0.15) is 9.97 Å². The topological polar surface area (TPSA) is 85.2 Å². The van der Waals surface area contributed by atoms with E-state index in [4.69, 9.17) is 16.3 Å². The molecule has 2 aromatic carbocycles. The summed E-state index contributed by atoms with van der Waals surface area (Å²) in [7, 11) is 3.49. The second kappa shape index (κ2) is 10.5. The number of aromatic nitrogens is 4. The van der Waals surface area contributed by atoms with Crippen molar-refractivity contribution >= 4 is 50.6 Å². The van der Waals surface area contributed by atoms with Gasteiger partial charge in [0, 0.05) is 29.5 Å². The van der Waals surface area contributed by atoms with Gasteiger partial charge >= 0.3 is 0 Å². The summed E-state index contributed by atoms with van der Waals surface area (Å²) in [5.74, 6) is 1.49. The predicted octanol–water partition coefficient (Wildman–Crippen LogP) is 5.31. The number of ether oxygens (including phenoxy) is 1. The average Bonchev–Trinajstić information content (AvgIpc) is 3.22. The molecule has 1 N–H and O–H groups in total. The van der Waals surface area contributed by atoms with E-state index in [1.807, 2.05) is 35.9 Å². The van der Waals surface area contributed by atoms with Gasteiger partial charge in [-0.05, 0) is 67.9 Å². The third kappa shape index (κ3) is 5.23. The van der Waals surface area contributed by atoms with Crippen LogP contribution in [0.3, 0.4) is 0 Å². The Hall–Kier alpha value is -3.01. The molecule has 1 aliphatic heterocycles. The zero-order valence-corrected chi connectivity index (χ0v) is 22.4. The summed E-state index contributed by atoms with van der Waals surface area (Å²) in [4.78, 5) is 28.9. The van der Waals surface area contributed by atoms with Crippen LogP contribution < -0.4 is 10.1 Å². The molecular formula is C26H26BrClN6O2. The van der Waals surface area contributed by atoms with Crippen molar-refractivity contribution in [3.63, 3.8) is 0 Å². The smallest absolute Gasteiger partial charge is 0.232 e. The number of likely N-dealkylation sites (tertiary alicyclic amines) is 1. The molecule has 0 saturated carbocycles. The highest BCUT2D eigenvalue weighted by molar-refractivity contribution is 9.10. The fourth-order valence-corrected chi connectivity index (χ4v) is 4.97. The van der Waals surface area contributed by atoms with Gasteiger partial charge in [0.2, 0.25) is 11.9 Å². The van der Waals surface area contributed by atoms with E-state index < -0.39 is 0 Å². The van der Waals surface area contributed by atoms with E-state index in [1.54, 1.807) is 7.11 Å². The van der Waals surface area contributed by atoms with E-state index in [1.165, 1.54) is 5.56 Å². The summed E-state index contributed by atoms with van der Waals surface area (Å²) in [6.45, 7) is 2.61. The number of piperidine rings is 1. The third-order valence-electron chi connectivity index (χ3n) is 6.54. The van der Waals surface area contributed by atoms with Crippen LogP contribution in [0.1, 0.15) is 18.4 Å². The van der Waals surface area contributed by atoms with E-state index in [2.05, 4.69) is 65.4 Å². The highest BCUT2D eigenvalue weighted by atomic mass is 79.9. The van der Waals surface area contributed by atoms with Crippen molar-refractivity contribution < 1.29 is 9.53 Å². The van der Waals surface area contributed by atoms with Crippen molar-refractivity contribution in [3.8, 4) is 17.1 Å². The zero-order valence-electron chi connectivity index (χ0n) is 20.0. The first-order valence-electron chi connectivity index (χ1n) is 11.7. The molecule has 4 aromatic rings. The van der Waals surface area contributed by atoms with Gasteiger partial charge in [-0.15, -0.1) is 0 Å². The largest absolute Gasteiger partial charge is 0.497 e. The summed E-state index contributed by atoms with van der Waals surface area (Å²) in [6, 6.07) is 16.0. The Morgan fingerprint density at radius 2 is 1.78 bits per heavy atom. The molecule has 0 aliphatic carbocycles. The van der Waals surface area contributed by atoms with Gasteiger partial charge in [0.25, 0.3) is 0 Å². The number of carbonyl (C=O) groups is 1. The number of anilines is 1. The lowest BCUT2D eigenvalue weighted by Crippen LogP contribution is -2.38. The molecule has 1 amide bonds. The maximum atomic E-state index is 13.0. The number of nitrogens with zero attached hydrogens (tertiary/aromatic N) is 5. The number of carbonyl (C=O) groups excluding carboxylic acids is 1. The molecule has 8 nitrogen and oxygen atoms in total. The van der Waals surface area contributed by atoms with E-state index in [9.17, 15) is 4.79 Å². The van der Waals surface area contributed by atoms with Gasteiger partial charge in [-0.3, -0.25) is 15.0 Å². The second-order valence-corrected chi connectivity index (χ2v) is 10.2. The van der Waals surface area contributed by atoms with Crippen LogP contribution in [0, 0.1) is 5.92 Å². The van der Waals surface area contributed by atoms with Gasteiger partial charge in [-0.1, -0.05) is 39.7 Å². The molecule has 0 radical (unpaired) electrons. The average molecular weight is 570 g/mol. The van der Waals surface area contributed by atoms with Gasteiger partial charge in [0.05, 0.1) is 7.11 Å². The van der Waals surface area contributed by atoms with Crippen molar-refractivity contribution in [1.82, 2.24) is 24.4 Å². The number of nitrogens with one attached hydrogen (secondary N) is 1. The fraction of sp³-hybridized carbons (Fsp3) is 0.308. The number of hydrogen-bond donors (Lipinski definition) is 1. The van der Waals surface area contributed by atoms with Gasteiger partial charge in [0.1, 0.15) is 17.1 Å². The summed E-state index contributed by atoms with van der Waals surface area (Å²) >= 11 is 9.92. The standard InChI is InChI=1S/C26H26BrClN6O2/c1-33-23(17-5-9-20(36-2)10-6-17)29-21-22(28)30-26(31-24(21)33)32-25(35)18-11-13-34(14-12-18)15-16-3-7-19(27)8-4-16/h3-10,18H,11-15H2,1-2H3,(H,30,31,32,35). The molecule has 1 fully saturated rings. The monoisotopic (exact) mass is 568 g/mol. The predicted molar refractivity (Wildman–Crippen MR) is 144 cm³/mol. The van der Waals surface area contributed by atoms with Crippen LogP contribution in [0.15, 0.2) is 53.0 Å². The first kappa shape index (κ1) is 24.7. The Balaban J connectivity index is 1.26. The lowest BCUT2D eigenvalue weighted by atomic mass is 9.95. The van der Waals surface area contributed by atoms with Crippen LogP contribution in [0.5, 0.6) is 5.75 Å². The number of aryl methyl sites for hydroxylation is 1. The zero-order chi connectivity index (χ0) is 25.2. The van der Waals surface area contributed by atoms with Crippen molar-refractivity contribution in [3.05, 3.63) is 63.7 Å². The number of fused-ring (bicyclic) bond motifs is 1. The number of imidazole rings is 1. The van der Waals surface area contributed by atoms with Crippen LogP contribution in [-0.4, -0.2) is 50.5 Å². The Labute approximate surface area is 222 Å². The molecule has 3 heterocycles. The Bertz CT molecular complexity index is 1380. The van der Waals surface area contributed by atoms with Crippen molar-refractivity contribution in [2.24, 2.45) is 13.0 Å². The molecule has 0 spiro atoms. The fourth-order valence-electron chi connectivity index (χ4n) is 4.50. The van der Waals surface area contributed by atoms with Crippen LogP contribution in [-0.2, 0) is 18.4 Å². The molecule has 2 aromatic heterocycles. The maximum absolute atomic E-state index is 13.0. The maximum Gasteiger partial charge on any atom is 0.232 e. The number of methoxy groups -OCH3 is 1. The highest BCUT2D eigenvalue weighted by Gasteiger charge is 2.26. The van der Waals surface area contributed by atoms with Crippen LogP contribution >= 0.6 is 27.5 Å². The number of halogens is 2. The first-order valence-corrected chi connectivity index (χ1v) is 12.9.